The number of Topliss-reactive ketones (excluding diaryl/α,β-unsaturated/α-hetero) is 1. The number of carbonyl (C=O) groups excluding carboxylic acids is 1. The van der Waals surface area contributed by atoms with Gasteiger partial charge in [0.1, 0.15) is 0 Å². The highest BCUT2D eigenvalue weighted by Crippen LogP contribution is 2.42. The predicted molar refractivity (Wildman–Crippen MR) is 116 cm³/mol. The van der Waals surface area contributed by atoms with E-state index < -0.39 is 0 Å². The zero-order valence-electron chi connectivity index (χ0n) is 15.9. The van der Waals surface area contributed by atoms with Gasteiger partial charge in [-0.05, 0) is 59.6 Å². The molecule has 0 aromatic heterocycles. The summed E-state index contributed by atoms with van der Waals surface area (Å²) in [5.74, 6) is 0.466. The van der Waals surface area contributed by atoms with Crippen LogP contribution in [0.1, 0.15) is 44.7 Å². The van der Waals surface area contributed by atoms with E-state index in [1.807, 2.05) is 60.7 Å². The third kappa shape index (κ3) is 4.72. The molecule has 1 aliphatic rings. The monoisotopic (exact) mass is 398 g/mol. The summed E-state index contributed by atoms with van der Waals surface area (Å²) < 4.78 is 0. The second-order valence-corrected chi connectivity index (χ2v) is 9.00. The van der Waals surface area contributed by atoms with Crippen LogP contribution in [0.5, 0.6) is 0 Å². The molecule has 3 rings (SSSR count). The maximum absolute atomic E-state index is 13.2. The van der Waals surface area contributed by atoms with Crippen molar-refractivity contribution < 1.29 is 4.79 Å². The molecule has 0 heterocycles. The fraction of sp³-hybridized carbons (Fsp3) is 0.292. The Kier molecular flexibility index (Phi) is 5.93. The quantitative estimate of drug-likeness (QED) is 0.478. The van der Waals surface area contributed by atoms with Crippen molar-refractivity contribution in [1.29, 1.82) is 0 Å². The minimum atomic E-state index is 0.0929. The van der Waals surface area contributed by atoms with Crippen LogP contribution in [0.3, 0.4) is 0 Å². The Labute approximate surface area is 171 Å². The standard InChI is InChI=1S/C24H24Cl2O/c1-24(2,3)20-14-18(12-16-8-4-6-10-21(16)25)23(27)19(15-20)13-17-9-5-7-11-22(17)26/h4-13,20H,14-15H2,1-3H3/b18-12-,19-13-. The fourth-order valence-corrected chi connectivity index (χ4v) is 3.80. The van der Waals surface area contributed by atoms with Crippen LogP contribution in [0.25, 0.3) is 12.2 Å². The van der Waals surface area contributed by atoms with Crippen LogP contribution in [0.4, 0.5) is 0 Å². The zero-order valence-corrected chi connectivity index (χ0v) is 17.4. The molecule has 1 nitrogen and oxygen atoms in total. The van der Waals surface area contributed by atoms with Crippen molar-refractivity contribution >= 4 is 41.1 Å². The third-order valence-corrected chi connectivity index (χ3v) is 5.90. The molecule has 1 fully saturated rings. The van der Waals surface area contributed by atoms with Gasteiger partial charge in [-0.3, -0.25) is 4.79 Å². The van der Waals surface area contributed by atoms with Gasteiger partial charge in [-0.2, -0.15) is 0 Å². The van der Waals surface area contributed by atoms with Crippen molar-refractivity contribution in [3.8, 4) is 0 Å². The molecule has 0 bridgehead atoms. The Balaban J connectivity index is 2.05. The fourth-order valence-electron chi connectivity index (χ4n) is 3.42. The Morgan fingerprint density at radius 3 is 1.59 bits per heavy atom. The lowest BCUT2D eigenvalue weighted by Gasteiger charge is -2.35. The summed E-state index contributed by atoms with van der Waals surface area (Å²) in [6.45, 7) is 6.69. The van der Waals surface area contributed by atoms with Gasteiger partial charge in [0.25, 0.3) is 0 Å². The van der Waals surface area contributed by atoms with E-state index in [2.05, 4.69) is 20.8 Å². The first-order valence-electron chi connectivity index (χ1n) is 9.20. The third-order valence-electron chi connectivity index (χ3n) is 5.21. The number of carbonyl (C=O) groups is 1. The van der Waals surface area contributed by atoms with E-state index >= 15 is 0 Å². The summed E-state index contributed by atoms with van der Waals surface area (Å²) in [6.07, 6.45) is 5.41. The van der Waals surface area contributed by atoms with Crippen molar-refractivity contribution in [2.45, 2.75) is 33.6 Å². The maximum atomic E-state index is 13.2. The van der Waals surface area contributed by atoms with E-state index in [-0.39, 0.29) is 11.2 Å². The number of rotatable bonds is 2. The molecular weight excluding hydrogens is 375 g/mol. The van der Waals surface area contributed by atoms with Gasteiger partial charge in [0, 0.05) is 21.2 Å². The first-order chi connectivity index (χ1) is 12.8. The molecule has 3 heteroatoms. The number of hydrogen-bond donors (Lipinski definition) is 0. The van der Waals surface area contributed by atoms with Gasteiger partial charge < -0.3 is 0 Å². The Hall–Kier alpha value is -1.83. The highest BCUT2D eigenvalue weighted by atomic mass is 35.5. The van der Waals surface area contributed by atoms with Crippen LogP contribution in [0.15, 0.2) is 59.7 Å². The van der Waals surface area contributed by atoms with Crippen molar-refractivity contribution in [2.24, 2.45) is 11.3 Å². The minimum absolute atomic E-state index is 0.0929. The number of hydrogen-bond acceptors (Lipinski definition) is 1. The largest absolute Gasteiger partial charge is 0.289 e. The summed E-state index contributed by atoms with van der Waals surface area (Å²) in [6, 6.07) is 15.3. The van der Waals surface area contributed by atoms with Gasteiger partial charge in [-0.15, -0.1) is 0 Å². The molecule has 0 N–H and O–H groups in total. The molecule has 0 aliphatic heterocycles. The van der Waals surface area contributed by atoms with Gasteiger partial charge in [0.05, 0.1) is 0 Å². The molecule has 0 spiro atoms. The molecule has 0 radical (unpaired) electrons. The van der Waals surface area contributed by atoms with E-state index in [9.17, 15) is 4.79 Å². The number of ketones is 1. The van der Waals surface area contributed by atoms with E-state index in [1.165, 1.54) is 0 Å². The first-order valence-corrected chi connectivity index (χ1v) is 9.96. The van der Waals surface area contributed by atoms with Crippen LogP contribution >= 0.6 is 23.2 Å². The van der Waals surface area contributed by atoms with Crippen molar-refractivity contribution in [2.75, 3.05) is 0 Å². The molecule has 2 aromatic rings. The highest BCUT2D eigenvalue weighted by molar-refractivity contribution is 6.33. The lowest BCUT2D eigenvalue weighted by Crippen LogP contribution is -2.29. The summed E-state index contributed by atoms with van der Waals surface area (Å²) in [5, 5.41) is 1.32. The lowest BCUT2D eigenvalue weighted by molar-refractivity contribution is -0.113. The van der Waals surface area contributed by atoms with Crippen LogP contribution in [-0.4, -0.2) is 5.78 Å². The summed E-state index contributed by atoms with van der Waals surface area (Å²) in [7, 11) is 0. The van der Waals surface area contributed by atoms with Gasteiger partial charge >= 0.3 is 0 Å². The molecule has 0 atom stereocenters. The SMILES string of the molecule is CC(C)(C)C1C/C(=C/c2ccccc2Cl)C(=O)/C(=C\c2ccccc2Cl)C1. The van der Waals surface area contributed by atoms with Gasteiger partial charge in [0.15, 0.2) is 5.78 Å². The number of allylic oxidation sites excluding steroid dienone is 2. The normalized spacial score (nSPS) is 21.1. The van der Waals surface area contributed by atoms with E-state index in [0.717, 1.165) is 35.1 Å². The average molecular weight is 399 g/mol. The van der Waals surface area contributed by atoms with Crippen LogP contribution in [0, 0.1) is 11.3 Å². The number of benzene rings is 2. The van der Waals surface area contributed by atoms with Crippen molar-refractivity contribution in [3.63, 3.8) is 0 Å². The molecule has 0 amide bonds. The van der Waals surface area contributed by atoms with Crippen LogP contribution in [0.2, 0.25) is 10.0 Å². The first kappa shape index (κ1) is 19.9. The number of halogens is 2. The summed E-state index contributed by atoms with van der Waals surface area (Å²) >= 11 is 12.6. The van der Waals surface area contributed by atoms with Gasteiger partial charge in [0.2, 0.25) is 0 Å². The molecule has 2 aromatic carbocycles. The minimum Gasteiger partial charge on any atom is -0.289 e. The van der Waals surface area contributed by atoms with E-state index in [0.29, 0.717) is 16.0 Å². The molecule has 27 heavy (non-hydrogen) atoms. The highest BCUT2D eigenvalue weighted by Gasteiger charge is 2.34. The molecule has 1 aliphatic carbocycles. The van der Waals surface area contributed by atoms with Crippen molar-refractivity contribution in [3.05, 3.63) is 80.8 Å². The van der Waals surface area contributed by atoms with Crippen molar-refractivity contribution in [1.82, 2.24) is 0 Å². The van der Waals surface area contributed by atoms with Crippen LogP contribution < -0.4 is 0 Å². The molecule has 0 unspecified atom stereocenters. The summed E-state index contributed by atoms with van der Waals surface area (Å²) in [4.78, 5) is 13.2. The second-order valence-electron chi connectivity index (χ2n) is 8.18. The molecule has 0 saturated heterocycles. The average Bonchev–Trinajstić information content (AvgIpc) is 2.61. The molecule has 1 saturated carbocycles. The molecule has 140 valence electrons. The smallest absolute Gasteiger partial charge is 0.185 e. The topological polar surface area (TPSA) is 17.1 Å². The van der Waals surface area contributed by atoms with Gasteiger partial charge in [-0.25, -0.2) is 0 Å². The Morgan fingerprint density at radius 2 is 1.22 bits per heavy atom. The summed E-state index contributed by atoms with van der Waals surface area (Å²) in [5.41, 5.74) is 3.49. The zero-order chi connectivity index (χ0) is 19.6. The predicted octanol–water partition coefficient (Wildman–Crippen LogP) is 7.49. The second kappa shape index (κ2) is 8.04. The Morgan fingerprint density at radius 1 is 0.815 bits per heavy atom. The van der Waals surface area contributed by atoms with Crippen LogP contribution in [-0.2, 0) is 4.79 Å². The van der Waals surface area contributed by atoms with Gasteiger partial charge in [-0.1, -0.05) is 80.4 Å². The molecular formula is C24H24Cl2O. The van der Waals surface area contributed by atoms with E-state index in [1.54, 1.807) is 0 Å². The Bertz CT molecular complexity index is 848. The van der Waals surface area contributed by atoms with E-state index in [4.69, 9.17) is 23.2 Å². The lowest BCUT2D eigenvalue weighted by atomic mass is 9.68. The maximum Gasteiger partial charge on any atom is 0.185 e.